The zero-order valence-electron chi connectivity index (χ0n) is 15.3. The van der Waals surface area contributed by atoms with Gasteiger partial charge in [-0.1, -0.05) is 53.7 Å². The fourth-order valence-corrected chi connectivity index (χ4v) is 2.52. The molecule has 0 saturated heterocycles. The van der Waals surface area contributed by atoms with Crippen LogP contribution in [0.3, 0.4) is 0 Å². The van der Waals surface area contributed by atoms with Crippen LogP contribution in [0.25, 0.3) is 0 Å². The van der Waals surface area contributed by atoms with E-state index in [1.165, 1.54) is 0 Å². The standard InChI is InChI=1S/C20H20N4O4/c1-27-16-10-6-5-9-15(16)13-22-19(26)20-23-17(24-28-20)11-18(25)21-12-14-7-3-2-4-8-14/h2-10H,11-13H2,1H3,(H,21,25)(H,22,26). The number of nitrogens with one attached hydrogen (secondary N) is 2. The normalized spacial score (nSPS) is 10.3. The molecule has 0 atom stereocenters. The number of hydrogen-bond acceptors (Lipinski definition) is 6. The molecule has 0 fully saturated rings. The monoisotopic (exact) mass is 380 g/mol. The third kappa shape index (κ3) is 5.16. The molecule has 0 aliphatic carbocycles. The van der Waals surface area contributed by atoms with Crippen molar-refractivity contribution >= 4 is 11.8 Å². The fraction of sp³-hybridized carbons (Fsp3) is 0.200. The third-order valence-corrected chi connectivity index (χ3v) is 3.95. The number of amides is 2. The smallest absolute Gasteiger partial charge is 0.315 e. The lowest BCUT2D eigenvalue weighted by Gasteiger charge is -2.07. The molecular weight excluding hydrogens is 360 g/mol. The van der Waals surface area contributed by atoms with E-state index < -0.39 is 5.91 Å². The number of ether oxygens (including phenoxy) is 1. The lowest BCUT2D eigenvalue weighted by molar-refractivity contribution is -0.120. The summed E-state index contributed by atoms with van der Waals surface area (Å²) in [6, 6.07) is 16.9. The summed E-state index contributed by atoms with van der Waals surface area (Å²) in [5.74, 6) is -0.155. The largest absolute Gasteiger partial charge is 0.496 e. The van der Waals surface area contributed by atoms with Crippen molar-refractivity contribution in [3.8, 4) is 5.75 Å². The quantitative estimate of drug-likeness (QED) is 0.618. The molecule has 8 heteroatoms. The molecule has 2 aromatic carbocycles. The highest BCUT2D eigenvalue weighted by molar-refractivity contribution is 5.89. The van der Waals surface area contributed by atoms with Gasteiger partial charge in [0.1, 0.15) is 5.75 Å². The van der Waals surface area contributed by atoms with Crippen molar-refractivity contribution in [3.63, 3.8) is 0 Å². The van der Waals surface area contributed by atoms with Gasteiger partial charge in [0.15, 0.2) is 5.82 Å². The van der Waals surface area contributed by atoms with Gasteiger partial charge in [-0.3, -0.25) is 9.59 Å². The van der Waals surface area contributed by atoms with Crippen LogP contribution in [0.2, 0.25) is 0 Å². The number of hydrogen-bond donors (Lipinski definition) is 2. The average Bonchev–Trinajstić information content (AvgIpc) is 3.20. The van der Waals surface area contributed by atoms with Gasteiger partial charge in [-0.05, 0) is 11.6 Å². The maximum absolute atomic E-state index is 12.2. The molecule has 3 rings (SSSR count). The summed E-state index contributed by atoms with van der Waals surface area (Å²) in [7, 11) is 1.56. The summed E-state index contributed by atoms with van der Waals surface area (Å²) in [6.45, 7) is 0.655. The summed E-state index contributed by atoms with van der Waals surface area (Å²) >= 11 is 0. The van der Waals surface area contributed by atoms with Gasteiger partial charge in [0.2, 0.25) is 5.91 Å². The molecule has 8 nitrogen and oxygen atoms in total. The fourth-order valence-electron chi connectivity index (χ4n) is 2.52. The summed E-state index contributed by atoms with van der Waals surface area (Å²) < 4.78 is 10.2. The highest BCUT2D eigenvalue weighted by Gasteiger charge is 2.17. The van der Waals surface area contributed by atoms with Gasteiger partial charge in [0.25, 0.3) is 0 Å². The Bertz CT molecular complexity index is 940. The van der Waals surface area contributed by atoms with Crippen LogP contribution in [0.15, 0.2) is 59.1 Å². The second kappa shape index (κ2) is 9.31. The second-order valence-electron chi connectivity index (χ2n) is 5.95. The molecule has 0 spiro atoms. The van der Waals surface area contributed by atoms with Crippen LogP contribution < -0.4 is 15.4 Å². The maximum Gasteiger partial charge on any atom is 0.315 e. The number of benzene rings is 2. The number of aromatic nitrogens is 2. The number of para-hydroxylation sites is 1. The molecule has 0 saturated carbocycles. The molecule has 0 unspecified atom stereocenters. The van der Waals surface area contributed by atoms with Crippen LogP contribution in [-0.2, 0) is 24.3 Å². The van der Waals surface area contributed by atoms with E-state index in [0.717, 1.165) is 11.1 Å². The molecule has 144 valence electrons. The summed E-state index contributed by atoms with van der Waals surface area (Å²) in [5.41, 5.74) is 1.80. The first-order chi connectivity index (χ1) is 13.7. The molecule has 0 radical (unpaired) electrons. The van der Waals surface area contributed by atoms with Crippen LogP contribution in [0, 0.1) is 0 Å². The molecule has 1 aromatic heterocycles. The first-order valence-corrected chi connectivity index (χ1v) is 8.69. The van der Waals surface area contributed by atoms with Gasteiger partial charge >= 0.3 is 11.8 Å². The first kappa shape index (κ1) is 19.1. The van der Waals surface area contributed by atoms with Crippen molar-refractivity contribution in [1.29, 1.82) is 0 Å². The lowest BCUT2D eigenvalue weighted by atomic mass is 10.2. The van der Waals surface area contributed by atoms with Crippen molar-refractivity contribution in [2.75, 3.05) is 7.11 Å². The van der Waals surface area contributed by atoms with E-state index >= 15 is 0 Å². The van der Waals surface area contributed by atoms with Crippen LogP contribution in [0.5, 0.6) is 5.75 Å². The number of carbonyl (C=O) groups is 2. The summed E-state index contributed by atoms with van der Waals surface area (Å²) in [5, 5.41) is 9.15. The highest BCUT2D eigenvalue weighted by atomic mass is 16.5. The number of methoxy groups -OCH3 is 1. The zero-order valence-corrected chi connectivity index (χ0v) is 15.3. The average molecular weight is 380 g/mol. The topological polar surface area (TPSA) is 106 Å². The Kier molecular flexibility index (Phi) is 6.35. The van der Waals surface area contributed by atoms with Crippen LogP contribution in [-0.4, -0.2) is 29.1 Å². The van der Waals surface area contributed by atoms with E-state index in [2.05, 4.69) is 20.8 Å². The van der Waals surface area contributed by atoms with E-state index in [0.29, 0.717) is 12.3 Å². The Balaban J connectivity index is 1.50. The molecule has 28 heavy (non-hydrogen) atoms. The van der Waals surface area contributed by atoms with E-state index in [-0.39, 0.29) is 30.6 Å². The van der Waals surface area contributed by atoms with Crippen molar-refractivity contribution in [3.05, 3.63) is 77.4 Å². The molecule has 1 heterocycles. The molecular formula is C20H20N4O4. The molecule has 3 aromatic rings. The number of rotatable bonds is 8. The number of carbonyl (C=O) groups excluding carboxylic acids is 2. The van der Waals surface area contributed by atoms with Crippen LogP contribution >= 0.6 is 0 Å². The minimum absolute atomic E-state index is 0.0733. The van der Waals surface area contributed by atoms with Crippen LogP contribution in [0.1, 0.15) is 27.6 Å². The predicted octanol–water partition coefficient (Wildman–Crippen LogP) is 1.87. The van der Waals surface area contributed by atoms with Crippen molar-refractivity contribution in [1.82, 2.24) is 20.8 Å². The Morgan fingerprint density at radius 1 is 1.00 bits per heavy atom. The van der Waals surface area contributed by atoms with Gasteiger partial charge in [-0.15, -0.1) is 0 Å². The van der Waals surface area contributed by atoms with E-state index in [4.69, 9.17) is 9.26 Å². The SMILES string of the molecule is COc1ccccc1CNC(=O)c1nc(CC(=O)NCc2ccccc2)no1. The van der Waals surface area contributed by atoms with Crippen molar-refractivity contribution in [2.45, 2.75) is 19.5 Å². The Morgan fingerprint density at radius 3 is 2.54 bits per heavy atom. The Labute approximate surface area is 161 Å². The minimum atomic E-state index is -0.519. The molecule has 0 aliphatic heterocycles. The van der Waals surface area contributed by atoms with Gasteiger partial charge in [0.05, 0.1) is 13.5 Å². The van der Waals surface area contributed by atoms with E-state index in [9.17, 15) is 9.59 Å². The molecule has 0 bridgehead atoms. The van der Waals surface area contributed by atoms with Gasteiger partial charge in [-0.2, -0.15) is 4.98 Å². The first-order valence-electron chi connectivity index (χ1n) is 8.69. The second-order valence-corrected chi connectivity index (χ2v) is 5.95. The van der Waals surface area contributed by atoms with Crippen LogP contribution in [0.4, 0.5) is 0 Å². The zero-order chi connectivity index (χ0) is 19.8. The van der Waals surface area contributed by atoms with Crippen molar-refractivity contribution < 1.29 is 18.8 Å². The summed E-state index contributed by atoms with van der Waals surface area (Å²) in [6.07, 6.45) is -0.0733. The third-order valence-electron chi connectivity index (χ3n) is 3.95. The summed E-state index contributed by atoms with van der Waals surface area (Å²) in [4.78, 5) is 28.2. The highest BCUT2D eigenvalue weighted by Crippen LogP contribution is 2.16. The number of nitrogens with zero attached hydrogens (tertiary/aromatic N) is 2. The minimum Gasteiger partial charge on any atom is -0.496 e. The van der Waals surface area contributed by atoms with Crippen molar-refractivity contribution in [2.24, 2.45) is 0 Å². The Hall–Kier alpha value is -3.68. The van der Waals surface area contributed by atoms with Gasteiger partial charge in [-0.25, -0.2) is 0 Å². The van der Waals surface area contributed by atoms with E-state index in [1.54, 1.807) is 13.2 Å². The predicted molar refractivity (Wildman–Crippen MR) is 100 cm³/mol. The lowest BCUT2D eigenvalue weighted by Crippen LogP contribution is -2.25. The van der Waals surface area contributed by atoms with Gasteiger partial charge in [0, 0.05) is 18.7 Å². The van der Waals surface area contributed by atoms with E-state index in [1.807, 2.05) is 48.5 Å². The molecule has 0 aliphatic rings. The Morgan fingerprint density at radius 2 is 1.75 bits per heavy atom. The molecule has 2 N–H and O–H groups in total. The molecule has 2 amide bonds. The maximum atomic E-state index is 12.2. The van der Waals surface area contributed by atoms with Gasteiger partial charge < -0.3 is 19.9 Å².